The number of hydrogen-bond donors (Lipinski definition) is 2. The first-order valence-corrected chi connectivity index (χ1v) is 8.58. The number of rotatable bonds is 3. The van der Waals surface area contributed by atoms with Crippen molar-refractivity contribution in [1.29, 1.82) is 0 Å². The molecule has 0 amide bonds. The molecule has 1 aromatic heterocycles. The molecule has 3 aromatic rings. The first-order chi connectivity index (χ1) is 12.1. The van der Waals surface area contributed by atoms with Crippen molar-refractivity contribution in [2.24, 2.45) is 0 Å². The average molecular weight is 341 g/mol. The SMILES string of the molecule is CN1CCN[C@@H](Cc2c(-c3cccc(F)c3)[nH]c3cc(F)ccc23)C1. The van der Waals surface area contributed by atoms with Crippen LogP contribution in [0.3, 0.4) is 0 Å². The van der Waals surface area contributed by atoms with Crippen LogP contribution in [0.4, 0.5) is 8.78 Å². The summed E-state index contributed by atoms with van der Waals surface area (Å²) in [6.45, 7) is 2.94. The number of nitrogens with zero attached hydrogens (tertiary/aromatic N) is 1. The number of piperazine rings is 1. The number of halogens is 2. The van der Waals surface area contributed by atoms with E-state index in [1.807, 2.05) is 12.1 Å². The summed E-state index contributed by atoms with van der Waals surface area (Å²) in [7, 11) is 2.12. The lowest BCUT2D eigenvalue weighted by Crippen LogP contribution is -2.49. The Bertz CT molecular complexity index is 903. The summed E-state index contributed by atoms with van der Waals surface area (Å²) >= 11 is 0. The van der Waals surface area contributed by atoms with Gasteiger partial charge in [-0.05, 0) is 49.4 Å². The van der Waals surface area contributed by atoms with Crippen molar-refractivity contribution in [3.63, 3.8) is 0 Å². The summed E-state index contributed by atoms with van der Waals surface area (Å²) in [6.07, 6.45) is 0.807. The van der Waals surface area contributed by atoms with Gasteiger partial charge in [-0.2, -0.15) is 0 Å². The Morgan fingerprint density at radius 1 is 1.12 bits per heavy atom. The standard InChI is InChI=1S/C20H21F2N3/c1-25-8-7-23-16(12-25)11-18-17-6-5-15(22)10-19(17)24-20(18)13-3-2-4-14(21)9-13/h2-6,9-10,16,23-24H,7-8,11-12H2,1H3/t16-/m0/s1. The van der Waals surface area contributed by atoms with Crippen molar-refractivity contribution < 1.29 is 8.78 Å². The Kier molecular flexibility index (Phi) is 4.27. The quantitative estimate of drug-likeness (QED) is 0.763. The molecule has 1 fully saturated rings. The van der Waals surface area contributed by atoms with Gasteiger partial charge in [-0.3, -0.25) is 0 Å². The van der Waals surface area contributed by atoms with Gasteiger partial charge in [0.25, 0.3) is 0 Å². The van der Waals surface area contributed by atoms with E-state index in [-0.39, 0.29) is 11.6 Å². The highest BCUT2D eigenvalue weighted by molar-refractivity contribution is 5.91. The highest BCUT2D eigenvalue weighted by atomic mass is 19.1. The topological polar surface area (TPSA) is 31.1 Å². The lowest BCUT2D eigenvalue weighted by molar-refractivity contribution is 0.238. The molecule has 2 heterocycles. The molecule has 1 aliphatic heterocycles. The van der Waals surface area contributed by atoms with Crippen molar-refractivity contribution in [3.8, 4) is 11.3 Å². The fraction of sp³-hybridized carbons (Fsp3) is 0.300. The maximum atomic E-state index is 13.7. The first kappa shape index (κ1) is 16.2. The predicted molar refractivity (Wildman–Crippen MR) is 96.6 cm³/mol. The molecule has 1 aliphatic rings. The fourth-order valence-electron chi connectivity index (χ4n) is 3.70. The highest BCUT2D eigenvalue weighted by Gasteiger charge is 2.21. The number of benzene rings is 2. The van der Waals surface area contributed by atoms with Crippen molar-refractivity contribution in [3.05, 3.63) is 59.7 Å². The lowest BCUT2D eigenvalue weighted by atomic mass is 9.97. The third kappa shape index (κ3) is 3.30. The zero-order valence-electron chi connectivity index (χ0n) is 14.2. The maximum absolute atomic E-state index is 13.7. The zero-order chi connectivity index (χ0) is 17.4. The molecule has 0 bridgehead atoms. The Hall–Kier alpha value is -2.24. The molecule has 4 rings (SSSR count). The molecule has 0 aliphatic carbocycles. The zero-order valence-corrected chi connectivity index (χ0v) is 14.2. The van der Waals surface area contributed by atoms with E-state index in [1.165, 1.54) is 24.3 Å². The molecule has 130 valence electrons. The Balaban J connectivity index is 1.80. The highest BCUT2D eigenvalue weighted by Crippen LogP contribution is 2.32. The minimum absolute atomic E-state index is 0.274. The van der Waals surface area contributed by atoms with Gasteiger partial charge >= 0.3 is 0 Å². The monoisotopic (exact) mass is 341 g/mol. The van der Waals surface area contributed by atoms with E-state index in [9.17, 15) is 8.78 Å². The molecule has 1 atom stereocenters. The smallest absolute Gasteiger partial charge is 0.125 e. The van der Waals surface area contributed by atoms with Crippen LogP contribution in [0.5, 0.6) is 0 Å². The van der Waals surface area contributed by atoms with Gasteiger partial charge in [0.05, 0.1) is 0 Å². The van der Waals surface area contributed by atoms with Crippen LogP contribution in [0, 0.1) is 11.6 Å². The number of H-pyrrole nitrogens is 1. The lowest BCUT2D eigenvalue weighted by Gasteiger charge is -2.31. The molecule has 1 saturated heterocycles. The normalized spacial score (nSPS) is 18.8. The van der Waals surface area contributed by atoms with Crippen LogP contribution in [0.1, 0.15) is 5.56 Å². The van der Waals surface area contributed by atoms with E-state index < -0.39 is 0 Å². The summed E-state index contributed by atoms with van der Waals surface area (Å²) in [5.74, 6) is -0.551. The van der Waals surface area contributed by atoms with Crippen molar-refractivity contribution in [2.45, 2.75) is 12.5 Å². The van der Waals surface area contributed by atoms with E-state index in [4.69, 9.17) is 0 Å². The predicted octanol–water partition coefficient (Wildman–Crippen LogP) is 3.56. The van der Waals surface area contributed by atoms with E-state index in [0.717, 1.165) is 53.8 Å². The molecule has 0 radical (unpaired) electrons. The van der Waals surface area contributed by atoms with E-state index >= 15 is 0 Å². The van der Waals surface area contributed by atoms with Gasteiger partial charge in [-0.15, -0.1) is 0 Å². The molecule has 25 heavy (non-hydrogen) atoms. The molecule has 2 aromatic carbocycles. The molecule has 3 nitrogen and oxygen atoms in total. The number of hydrogen-bond acceptors (Lipinski definition) is 2. The van der Waals surface area contributed by atoms with Crippen molar-refractivity contribution >= 4 is 10.9 Å². The summed E-state index contributed by atoms with van der Waals surface area (Å²) in [6, 6.07) is 11.6. The van der Waals surface area contributed by atoms with Crippen LogP contribution in [0.2, 0.25) is 0 Å². The third-order valence-corrected chi connectivity index (χ3v) is 4.89. The van der Waals surface area contributed by atoms with Crippen LogP contribution >= 0.6 is 0 Å². The Morgan fingerprint density at radius 2 is 1.96 bits per heavy atom. The number of aromatic amines is 1. The van der Waals surface area contributed by atoms with Crippen LogP contribution < -0.4 is 5.32 Å². The number of aromatic nitrogens is 1. The van der Waals surface area contributed by atoms with E-state index in [2.05, 4.69) is 22.2 Å². The molecular formula is C20H21F2N3. The third-order valence-electron chi connectivity index (χ3n) is 4.89. The van der Waals surface area contributed by atoms with Gasteiger partial charge in [0, 0.05) is 47.8 Å². The largest absolute Gasteiger partial charge is 0.354 e. The summed E-state index contributed by atoms with van der Waals surface area (Å²) < 4.78 is 27.4. The first-order valence-electron chi connectivity index (χ1n) is 8.58. The second-order valence-corrected chi connectivity index (χ2v) is 6.80. The van der Waals surface area contributed by atoms with Crippen LogP contribution in [0.15, 0.2) is 42.5 Å². The average Bonchev–Trinajstić information content (AvgIpc) is 2.92. The molecule has 5 heteroatoms. The molecule has 2 N–H and O–H groups in total. The van der Waals surface area contributed by atoms with Crippen LogP contribution in [0.25, 0.3) is 22.2 Å². The summed E-state index contributed by atoms with van der Waals surface area (Å²) in [5.41, 5.74) is 3.51. The number of fused-ring (bicyclic) bond motifs is 1. The summed E-state index contributed by atoms with van der Waals surface area (Å²) in [5, 5.41) is 4.55. The Morgan fingerprint density at radius 3 is 2.76 bits per heavy atom. The minimum Gasteiger partial charge on any atom is -0.354 e. The van der Waals surface area contributed by atoms with Gasteiger partial charge < -0.3 is 15.2 Å². The second kappa shape index (κ2) is 6.58. The van der Waals surface area contributed by atoms with E-state index in [1.54, 1.807) is 6.07 Å². The van der Waals surface area contributed by atoms with Gasteiger partial charge in [-0.25, -0.2) is 8.78 Å². The van der Waals surface area contributed by atoms with Crippen molar-refractivity contribution in [1.82, 2.24) is 15.2 Å². The van der Waals surface area contributed by atoms with E-state index in [0.29, 0.717) is 6.04 Å². The molecule has 0 unspecified atom stereocenters. The summed E-state index contributed by atoms with van der Waals surface area (Å²) in [4.78, 5) is 5.60. The van der Waals surface area contributed by atoms with Gasteiger partial charge in [0.15, 0.2) is 0 Å². The van der Waals surface area contributed by atoms with Gasteiger partial charge in [-0.1, -0.05) is 12.1 Å². The van der Waals surface area contributed by atoms with Crippen LogP contribution in [-0.4, -0.2) is 42.6 Å². The fourth-order valence-corrected chi connectivity index (χ4v) is 3.70. The van der Waals surface area contributed by atoms with Crippen molar-refractivity contribution in [2.75, 3.05) is 26.7 Å². The number of likely N-dealkylation sites (N-methyl/N-ethyl adjacent to an activating group) is 1. The minimum atomic E-state index is -0.276. The van der Waals surface area contributed by atoms with Gasteiger partial charge in [0.1, 0.15) is 11.6 Å². The van der Waals surface area contributed by atoms with Crippen LogP contribution in [-0.2, 0) is 6.42 Å². The number of nitrogens with one attached hydrogen (secondary N) is 2. The maximum Gasteiger partial charge on any atom is 0.125 e. The molecular weight excluding hydrogens is 320 g/mol. The second-order valence-electron chi connectivity index (χ2n) is 6.80. The molecule has 0 spiro atoms. The molecule has 0 saturated carbocycles. The van der Waals surface area contributed by atoms with Gasteiger partial charge in [0.2, 0.25) is 0 Å². The Labute approximate surface area is 145 Å².